The van der Waals surface area contributed by atoms with Gasteiger partial charge in [-0.15, -0.1) is 0 Å². The lowest BCUT2D eigenvalue weighted by Gasteiger charge is -2.07. The summed E-state index contributed by atoms with van der Waals surface area (Å²) in [5, 5.41) is 4.96. The van der Waals surface area contributed by atoms with Crippen molar-refractivity contribution in [2.45, 2.75) is 6.54 Å². The van der Waals surface area contributed by atoms with Crippen molar-refractivity contribution in [1.29, 1.82) is 0 Å². The SMILES string of the molecule is COC(=O)c1cccc(Cn2cc(/C=N\NC(=O)c3ccccc3F)c3ccccc32)c1. The second kappa shape index (κ2) is 9.26. The summed E-state index contributed by atoms with van der Waals surface area (Å²) in [6.45, 7) is 0.529. The molecule has 1 heterocycles. The van der Waals surface area contributed by atoms with E-state index in [2.05, 4.69) is 10.5 Å². The van der Waals surface area contributed by atoms with Gasteiger partial charge in [0.25, 0.3) is 5.91 Å². The van der Waals surface area contributed by atoms with Crippen molar-refractivity contribution in [2.24, 2.45) is 5.10 Å². The Balaban J connectivity index is 1.58. The highest BCUT2D eigenvalue weighted by atomic mass is 19.1. The molecular formula is C25H20FN3O3. The quantitative estimate of drug-likeness (QED) is 0.281. The molecule has 0 saturated heterocycles. The van der Waals surface area contributed by atoms with Crippen LogP contribution in [-0.4, -0.2) is 29.8 Å². The number of rotatable bonds is 6. The van der Waals surface area contributed by atoms with E-state index in [1.54, 1.807) is 18.2 Å². The standard InChI is InChI=1S/C25H20FN3O3/c1-32-25(31)18-8-6-7-17(13-18)15-29-16-19(20-9-3-5-12-23(20)29)14-27-28-24(30)21-10-2-4-11-22(21)26/h2-14,16H,15H2,1H3,(H,28,30)/b27-14-. The van der Waals surface area contributed by atoms with Crippen LogP contribution >= 0.6 is 0 Å². The number of fused-ring (bicyclic) bond motifs is 1. The number of nitrogens with one attached hydrogen (secondary N) is 1. The Morgan fingerprint density at radius 2 is 1.84 bits per heavy atom. The highest BCUT2D eigenvalue weighted by Crippen LogP contribution is 2.21. The van der Waals surface area contributed by atoms with Crippen LogP contribution in [0, 0.1) is 5.82 Å². The number of para-hydroxylation sites is 1. The minimum Gasteiger partial charge on any atom is -0.465 e. The van der Waals surface area contributed by atoms with Crippen molar-refractivity contribution in [3.63, 3.8) is 0 Å². The molecule has 0 unspecified atom stereocenters. The second-order valence-electron chi connectivity index (χ2n) is 7.10. The first-order valence-corrected chi connectivity index (χ1v) is 9.90. The van der Waals surface area contributed by atoms with Crippen LogP contribution in [0.4, 0.5) is 4.39 Å². The molecule has 4 aromatic rings. The molecule has 7 heteroatoms. The van der Waals surface area contributed by atoms with E-state index in [0.29, 0.717) is 12.1 Å². The van der Waals surface area contributed by atoms with Gasteiger partial charge in [-0.1, -0.05) is 42.5 Å². The van der Waals surface area contributed by atoms with Crippen molar-refractivity contribution >= 4 is 29.0 Å². The number of hydrazone groups is 1. The molecule has 6 nitrogen and oxygen atoms in total. The molecule has 1 amide bonds. The van der Waals surface area contributed by atoms with Crippen molar-refractivity contribution in [3.05, 3.63) is 107 Å². The number of hydrogen-bond acceptors (Lipinski definition) is 4. The smallest absolute Gasteiger partial charge is 0.337 e. The highest BCUT2D eigenvalue weighted by molar-refractivity contribution is 6.00. The normalized spacial score (nSPS) is 11.1. The Morgan fingerprint density at radius 1 is 1.06 bits per heavy atom. The Kier molecular flexibility index (Phi) is 6.07. The fourth-order valence-corrected chi connectivity index (χ4v) is 3.49. The Labute approximate surface area is 183 Å². The summed E-state index contributed by atoms with van der Waals surface area (Å²) in [4.78, 5) is 24.0. The Morgan fingerprint density at radius 3 is 2.66 bits per heavy atom. The van der Waals surface area contributed by atoms with Crippen molar-refractivity contribution in [1.82, 2.24) is 9.99 Å². The molecule has 0 spiro atoms. The minimum atomic E-state index is -0.622. The molecule has 0 aliphatic rings. The van der Waals surface area contributed by atoms with Crippen LogP contribution in [0.1, 0.15) is 31.8 Å². The topological polar surface area (TPSA) is 72.7 Å². The number of halogens is 1. The van der Waals surface area contributed by atoms with Gasteiger partial charge < -0.3 is 9.30 Å². The minimum absolute atomic E-state index is 0.0717. The fraction of sp³-hybridized carbons (Fsp3) is 0.0800. The van der Waals surface area contributed by atoms with Gasteiger partial charge >= 0.3 is 5.97 Å². The molecule has 0 bridgehead atoms. The predicted molar refractivity (Wildman–Crippen MR) is 120 cm³/mol. The average Bonchev–Trinajstić information content (AvgIpc) is 3.16. The van der Waals surface area contributed by atoms with E-state index in [4.69, 9.17) is 4.74 Å². The highest BCUT2D eigenvalue weighted by Gasteiger charge is 2.11. The van der Waals surface area contributed by atoms with E-state index >= 15 is 0 Å². The van der Waals surface area contributed by atoms with E-state index in [0.717, 1.165) is 22.0 Å². The second-order valence-corrected chi connectivity index (χ2v) is 7.10. The number of hydrogen-bond donors (Lipinski definition) is 1. The molecule has 0 radical (unpaired) electrons. The molecule has 0 aliphatic heterocycles. The van der Waals surface area contributed by atoms with Crippen LogP contribution in [0.2, 0.25) is 0 Å². The molecule has 32 heavy (non-hydrogen) atoms. The molecule has 1 N–H and O–H groups in total. The molecule has 0 aliphatic carbocycles. The van der Waals surface area contributed by atoms with E-state index in [1.165, 1.54) is 31.5 Å². The maximum absolute atomic E-state index is 13.8. The summed E-state index contributed by atoms with van der Waals surface area (Å²) in [5.41, 5.74) is 5.48. The molecule has 0 atom stereocenters. The third-order valence-electron chi connectivity index (χ3n) is 5.01. The molecule has 160 valence electrons. The first kappa shape index (κ1) is 21.0. The third-order valence-corrected chi connectivity index (χ3v) is 5.01. The zero-order valence-electron chi connectivity index (χ0n) is 17.3. The van der Waals surface area contributed by atoms with Crippen LogP contribution in [0.5, 0.6) is 0 Å². The van der Waals surface area contributed by atoms with Gasteiger partial charge in [-0.05, 0) is 35.9 Å². The maximum atomic E-state index is 13.8. The van der Waals surface area contributed by atoms with Gasteiger partial charge in [0, 0.05) is 29.2 Å². The van der Waals surface area contributed by atoms with Crippen LogP contribution < -0.4 is 5.43 Å². The van der Waals surface area contributed by atoms with Gasteiger partial charge in [-0.2, -0.15) is 5.10 Å². The summed E-state index contributed by atoms with van der Waals surface area (Å²) in [7, 11) is 1.35. The fourth-order valence-electron chi connectivity index (χ4n) is 3.49. The van der Waals surface area contributed by atoms with Gasteiger partial charge in [-0.3, -0.25) is 4.79 Å². The first-order valence-electron chi connectivity index (χ1n) is 9.90. The predicted octanol–water partition coefficient (Wildman–Crippen LogP) is 4.38. The van der Waals surface area contributed by atoms with Gasteiger partial charge in [0.2, 0.25) is 0 Å². The van der Waals surface area contributed by atoms with Crippen LogP contribution in [0.25, 0.3) is 10.9 Å². The summed E-state index contributed by atoms with van der Waals surface area (Å²) in [6, 6.07) is 20.8. The Bertz CT molecular complexity index is 1330. The van der Waals surface area contributed by atoms with E-state index in [-0.39, 0.29) is 11.5 Å². The van der Waals surface area contributed by atoms with Crippen molar-refractivity contribution in [3.8, 4) is 0 Å². The summed E-state index contributed by atoms with van der Waals surface area (Å²) < 4.78 is 20.6. The number of aromatic nitrogens is 1. The van der Waals surface area contributed by atoms with Crippen molar-refractivity contribution in [2.75, 3.05) is 7.11 Å². The van der Waals surface area contributed by atoms with Gasteiger partial charge in [0.05, 0.1) is 24.5 Å². The molecule has 0 fully saturated rings. The average molecular weight is 429 g/mol. The number of esters is 1. The zero-order chi connectivity index (χ0) is 22.5. The molecule has 0 saturated carbocycles. The monoisotopic (exact) mass is 429 g/mol. The number of carbonyl (C=O) groups excluding carboxylic acids is 2. The number of nitrogens with zero attached hydrogens (tertiary/aromatic N) is 2. The van der Waals surface area contributed by atoms with Gasteiger partial charge in [-0.25, -0.2) is 14.6 Å². The number of ether oxygens (including phenoxy) is 1. The summed E-state index contributed by atoms with van der Waals surface area (Å²) >= 11 is 0. The molecule has 3 aromatic carbocycles. The van der Waals surface area contributed by atoms with Crippen LogP contribution in [0.15, 0.2) is 84.1 Å². The maximum Gasteiger partial charge on any atom is 0.337 e. The lowest BCUT2D eigenvalue weighted by molar-refractivity contribution is 0.0600. The molecule has 1 aromatic heterocycles. The number of amides is 1. The number of carbonyl (C=O) groups is 2. The number of methoxy groups -OCH3 is 1. The van der Waals surface area contributed by atoms with Gasteiger partial charge in [0.15, 0.2) is 0 Å². The van der Waals surface area contributed by atoms with Crippen LogP contribution in [-0.2, 0) is 11.3 Å². The molecular weight excluding hydrogens is 409 g/mol. The third kappa shape index (κ3) is 4.41. The molecule has 4 rings (SSSR count). The summed E-state index contributed by atoms with van der Waals surface area (Å²) in [5.74, 6) is -1.61. The van der Waals surface area contributed by atoms with Gasteiger partial charge in [0.1, 0.15) is 5.82 Å². The van der Waals surface area contributed by atoms with Crippen LogP contribution in [0.3, 0.4) is 0 Å². The van der Waals surface area contributed by atoms with E-state index < -0.39 is 11.7 Å². The zero-order valence-corrected chi connectivity index (χ0v) is 17.3. The lowest BCUT2D eigenvalue weighted by Crippen LogP contribution is -2.18. The largest absolute Gasteiger partial charge is 0.465 e. The Hall–Kier alpha value is -4.26. The summed E-state index contributed by atoms with van der Waals surface area (Å²) in [6.07, 6.45) is 3.44. The van der Waals surface area contributed by atoms with E-state index in [1.807, 2.05) is 47.2 Å². The lowest BCUT2D eigenvalue weighted by atomic mass is 10.1. The van der Waals surface area contributed by atoms with Crippen molar-refractivity contribution < 1.29 is 18.7 Å². The van der Waals surface area contributed by atoms with E-state index in [9.17, 15) is 14.0 Å². The number of benzene rings is 3. The first-order chi connectivity index (χ1) is 15.6.